The largest absolute Gasteiger partial charge is 0.463 e. The highest BCUT2D eigenvalue weighted by atomic mass is 19.1. The molecule has 0 bridgehead atoms. The summed E-state index contributed by atoms with van der Waals surface area (Å²) in [6.07, 6.45) is 0. The molecule has 2 aromatic rings. The molecule has 0 aliphatic rings. The number of aryl methyl sites for hydroxylation is 1. The standard InChI is InChI=1S/C15H15F2NO3/c1-8-4-5-9(16)12(13(8)17)14(18-2)10-6-7-11(21-10)15(19)20-3/h4-7,14,18H,1-3H3. The van der Waals surface area contributed by atoms with Gasteiger partial charge >= 0.3 is 5.97 Å². The number of ether oxygens (including phenoxy) is 1. The van der Waals surface area contributed by atoms with Crippen molar-refractivity contribution in [1.82, 2.24) is 5.32 Å². The van der Waals surface area contributed by atoms with Gasteiger partial charge in [0, 0.05) is 5.56 Å². The molecule has 0 saturated carbocycles. The molecule has 1 N–H and O–H groups in total. The van der Waals surface area contributed by atoms with Gasteiger partial charge in [-0.05, 0) is 37.7 Å². The van der Waals surface area contributed by atoms with Crippen molar-refractivity contribution in [3.05, 3.63) is 58.5 Å². The summed E-state index contributed by atoms with van der Waals surface area (Å²) in [4.78, 5) is 11.4. The molecule has 2 rings (SSSR count). The van der Waals surface area contributed by atoms with Crippen molar-refractivity contribution in [3.8, 4) is 0 Å². The highest BCUT2D eigenvalue weighted by molar-refractivity contribution is 5.86. The van der Waals surface area contributed by atoms with Crippen LogP contribution in [0.25, 0.3) is 0 Å². The Hall–Kier alpha value is -2.21. The van der Waals surface area contributed by atoms with Crippen LogP contribution in [0.3, 0.4) is 0 Å². The Morgan fingerprint density at radius 1 is 1.29 bits per heavy atom. The van der Waals surface area contributed by atoms with Crippen molar-refractivity contribution in [2.75, 3.05) is 14.2 Å². The number of nitrogens with one attached hydrogen (secondary N) is 1. The predicted molar refractivity (Wildman–Crippen MR) is 72.0 cm³/mol. The number of methoxy groups -OCH3 is 1. The number of hydrogen-bond acceptors (Lipinski definition) is 4. The first-order chi connectivity index (χ1) is 9.99. The molecule has 0 aliphatic heterocycles. The van der Waals surface area contributed by atoms with Gasteiger partial charge in [-0.2, -0.15) is 0 Å². The molecule has 0 aliphatic carbocycles. The van der Waals surface area contributed by atoms with Gasteiger partial charge in [0.15, 0.2) is 0 Å². The van der Waals surface area contributed by atoms with Gasteiger partial charge in [-0.15, -0.1) is 0 Å². The first-order valence-corrected chi connectivity index (χ1v) is 6.29. The van der Waals surface area contributed by atoms with E-state index in [1.165, 1.54) is 31.4 Å². The summed E-state index contributed by atoms with van der Waals surface area (Å²) in [5.74, 6) is -1.79. The van der Waals surface area contributed by atoms with Gasteiger partial charge < -0.3 is 14.5 Å². The maximum Gasteiger partial charge on any atom is 0.373 e. The molecule has 1 aromatic carbocycles. The second-order valence-electron chi connectivity index (χ2n) is 4.51. The molecule has 4 nitrogen and oxygen atoms in total. The second kappa shape index (κ2) is 6.05. The zero-order valence-corrected chi connectivity index (χ0v) is 11.9. The van der Waals surface area contributed by atoms with Gasteiger partial charge in [0.25, 0.3) is 0 Å². The van der Waals surface area contributed by atoms with Crippen LogP contribution in [-0.4, -0.2) is 20.1 Å². The summed E-state index contributed by atoms with van der Waals surface area (Å²) >= 11 is 0. The van der Waals surface area contributed by atoms with Crippen molar-refractivity contribution in [3.63, 3.8) is 0 Å². The van der Waals surface area contributed by atoms with Crippen LogP contribution in [0.5, 0.6) is 0 Å². The molecular weight excluding hydrogens is 280 g/mol. The SMILES string of the molecule is CNC(c1ccc(C(=O)OC)o1)c1c(F)ccc(C)c1F. The first kappa shape index (κ1) is 15.2. The second-order valence-corrected chi connectivity index (χ2v) is 4.51. The van der Waals surface area contributed by atoms with E-state index in [9.17, 15) is 13.6 Å². The van der Waals surface area contributed by atoms with E-state index in [4.69, 9.17) is 4.42 Å². The monoisotopic (exact) mass is 295 g/mol. The molecule has 1 unspecified atom stereocenters. The number of carbonyl (C=O) groups is 1. The molecule has 0 radical (unpaired) electrons. The van der Waals surface area contributed by atoms with Crippen LogP contribution in [0.2, 0.25) is 0 Å². The van der Waals surface area contributed by atoms with Gasteiger partial charge in [0.2, 0.25) is 5.76 Å². The maximum absolute atomic E-state index is 14.2. The van der Waals surface area contributed by atoms with Crippen LogP contribution < -0.4 is 5.32 Å². The van der Waals surface area contributed by atoms with E-state index in [0.29, 0.717) is 5.56 Å². The lowest BCUT2D eigenvalue weighted by molar-refractivity contribution is 0.0562. The summed E-state index contributed by atoms with van der Waals surface area (Å²) in [7, 11) is 2.77. The minimum Gasteiger partial charge on any atom is -0.463 e. The minimum absolute atomic E-state index is 0.0266. The molecule has 0 saturated heterocycles. The molecule has 0 fully saturated rings. The summed E-state index contributed by atoms with van der Waals surface area (Å²) in [6.45, 7) is 1.55. The lowest BCUT2D eigenvalue weighted by Crippen LogP contribution is -2.20. The molecule has 6 heteroatoms. The number of furan rings is 1. The van der Waals surface area contributed by atoms with Crippen molar-refractivity contribution in [2.45, 2.75) is 13.0 Å². The Kier molecular flexibility index (Phi) is 4.37. The number of carbonyl (C=O) groups excluding carboxylic acids is 1. The molecule has 1 heterocycles. The fourth-order valence-corrected chi connectivity index (χ4v) is 2.09. The van der Waals surface area contributed by atoms with Gasteiger partial charge in [-0.25, -0.2) is 13.6 Å². The molecule has 0 amide bonds. The van der Waals surface area contributed by atoms with Crippen LogP contribution in [0, 0.1) is 18.6 Å². The van der Waals surface area contributed by atoms with Crippen LogP contribution in [0.1, 0.15) is 33.5 Å². The fraction of sp³-hybridized carbons (Fsp3) is 0.267. The van der Waals surface area contributed by atoms with Gasteiger partial charge in [0.05, 0.1) is 13.2 Å². The van der Waals surface area contributed by atoms with E-state index in [0.717, 1.165) is 0 Å². The average molecular weight is 295 g/mol. The normalized spacial score (nSPS) is 12.2. The molecule has 21 heavy (non-hydrogen) atoms. The van der Waals surface area contributed by atoms with Crippen molar-refractivity contribution < 1.29 is 22.7 Å². The third-order valence-electron chi connectivity index (χ3n) is 3.19. The number of halogens is 2. The number of rotatable bonds is 4. The third kappa shape index (κ3) is 2.80. The van der Waals surface area contributed by atoms with Gasteiger partial charge in [-0.1, -0.05) is 6.07 Å². The smallest absolute Gasteiger partial charge is 0.373 e. The van der Waals surface area contributed by atoms with Gasteiger partial charge in [0.1, 0.15) is 17.4 Å². The Morgan fingerprint density at radius 2 is 2.00 bits per heavy atom. The number of benzene rings is 1. The topological polar surface area (TPSA) is 51.5 Å². The molecular formula is C15H15F2NO3. The summed E-state index contributed by atoms with van der Waals surface area (Å²) in [5, 5.41) is 2.79. The predicted octanol–water partition coefficient (Wildman–Crippen LogP) is 2.96. The zero-order valence-electron chi connectivity index (χ0n) is 11.9. The summed E-state index contributed by atoms with van der Waals surface area (Å²) in [5.41, 5.74) is 0.176. The Balaban J connectivity index is 2.48. The van der Waals surface area contributed by atoms with E-state index >= 15 is 0 Å². The highest BCUT2D eigenvalue weighted by Crippen LogP contribution is 2.29. The third-order valence-corrected chi connectivity index (χ3v) is 3.19. The molecule has 0 spiro atoms. The van der Waals surface area contributed by atoms with Crippen molar-refractivity contribution in [2.24, 2.45) is 0 Å². The fourth-order valence-electron chi connectivity index (χ4n) is 2.09. The Labute approximate surface area is 120 Å². The summed E-state index contributed by atoms with van der Waals surface area (Å²) in [6, 6.07) is 4.60. The summed E-state index contributed by atoms with van der Waals surface area (Å²) < 4.78 is 38.0. The molecule has 1 atom stereocenters. The lowest BCUT2D eigenvalue weighted by atomic mass is 10.0. The Bertz CT molecular complexity index is 667. The van der Waals surface area contributed by atoms with E-state index in [2.05, 4.69) is 10.1 Å². The van der Waals surface area contributed by atoms with Gasteiger partial charge in [-0.3, -0.25) is 0 Å². The van der Waals surface area contributed by atoms with Crippen LogP contribution >= 0.6 is 0 Å². The highest BCUT2D eigenvalue weighted by Gasteiger charge is 2.25. The van der Waals surface area contributed by atoms with Crippen LogP contribution in [0.4, 0.5) is 8.78 Å². The van der Waals surface area contributed by atoms with Crippen LogP contribution in [0.15, 0.2) is 28.7 Å². The zero-order chi connectivity index (χ0) is 15.6. The molecule has 112 valence electrons. The Morgan fingerprint density at radius 3 is 2.62 bits per heavy atom. The average Bonchev–Trinajstić information content (AvgIpc) is 2.96. The molecule has 1 aromatic heterocycles. The van der Waals surface area contributed by atoms with E-state index < -0.39 is 23.6 Å². The number of esters is 1. The van der Waals surface area contributed by atoms with E-state index in [1.807, 2.05) is 0 Å². The van der Waals surface area contributed by atoms with Crippen molar-refractivity contribution in [1.29, 1.82) is 0 Å². The number of hydrogen-bond donors (Lipinski definition) is 1. The van der Waals surface area contributed by atoms with Crippen molar-refractivity contribution >= 4 is 5.97 Å². The van der Waals surface area contributed by atoms with Crippen LogP contribution in [-0.2, 0) is 4.74 Å². The first-order valence-electron chi connectivity index (χ1n) is 6.29. The quantitative estimate of drug-likeness (QED) is 0.881. The van der Waals surface area contributed by atoms with E-state index in [-0.39, 0.29) is 17.1 Å². The lowest BCUT2D eigenvalue weighted by Gasteiger charge is -2.17. The minimum atomic E-state index is -0.844. The maximum atomic E-state index is 14.2. The van der Waals surface area contributed by atoms with E-state index in [1.54, 1.807) is 14.0 Å².